The van der Waals surface area contributed by atoms with Gasteiger partial charge >= 0.3 is 0 Å². The van der Waals surface area contributed by atoms with Crippen LogP contribution in [0.15, 0.2) is 25.0 Å². The van der Waals surface area contributed by atoms with Gasteiger partial charge in [0.1, 0.15) is 0 Å². The van der Waals surface area contributed by atoms with Gasteiger partial charge < -0.3 is 0 Å². The van der Waals surface area contributed by atoms with Gasteiger partial charge in [0.05, 0.1) is 18.0 Å². The molecule has 1 saturated heterocycles. The molecule has 1 aliphatic heterocycles. The van der Waals surface area contributed by atoms with E-state index in [1.54, 1.807) is 16.6 Å². The first-order chi connectivity index (χ1) is 8.63. The summed E-state index contributed by atoms with van der Waals surface area (Å²) in [6.45, 7) is 4.67. The monoisotopic (exact) mass is 270 g/mol. The van der Waals surface area contributed by atoms with Gasteiger partial charge in [-0.3, -0.25) is 0 Å². The lowest BCUT2D eigenvalue weighted by molar-refractivity contribution is 0.258. The summed E-state index contributed by atoms with van der Waals surface area (Å²) in [6, 6.07) is 0.262. The number of nitrogens with zero attached hydrogens (tertiary/aromatic N) is 4. The van der Waals surface area contributed by atoms with E-state index in [4.69, 9.17) is 0 Å². The van der Waals surface area contributed by atoms with Crippen molar-refractivity contribution in [2.75, 3.05) is 18.8 Å². The molecule has 1 aliphatic rings. The molecule has 1 aromatic rings. The molecule has 0 spiro atoms. The van der Waals surface area contributed by atoms with Crippen LogP contribution in [0.4, 0.5) is 0 Å². The van der Waals surface area contributed by atoms with E-state index in [1.165, 1.54) is 0 Å². The predicted molar refractivity (Wildman–Crippen MR) is 68.5 cm³/mol. The van der Waals surface area contributed by atoms with Gasteiger partial charge in [-0.15, -0.1) is 11.7 Å². The van der Waals surface area contributed by atoms with E-state index in [9.17, 15) is 8.42 Å². The van der Waals surface area contributed by atoms with Gasteiger partial charge in [0.25, 0.3) is 0 Å². The number of hydrogen-bond acceptors (Lipinski definition) is 4. The number of hydrogen-bond donors (Lipinski definition) is 0. The Bertz CT molecular complexity index is 475. The Labute approximate surface area is 107 Å². The predicted octanol–water partition coefficient (Wildman–Crippen LogP) is 0.821. The van der Waals surface area contributed by atoms with E-state index in [0.29, 0.717) is 19.5 Å². The third kappa shape index (κ3) is 2.97. The van der Waals surface area contributed by atoms with Crippen molar-refractivity contribution in [1.29, 1.82) is 0 Å². The number of sulfonamides is 1. The van der Waals surface area contributed by atoms with Gasteiger partial charge in [0.2, 0.25) is 10.0 Å². The van der Waals surface area contributed by atoms with Crippen LogP contribution in [0, 0.1) is 0 Å². The van der Waals surface area contributed by atoms with Crippen LogP contribution in [0.2, 0.25) is 0 Å². The molecule has 0 radical (unpaired) electrons. The van der Waals surface area contributed by atoms with Crippen LogP contribution in [0.5, 0.6) is 0 Å². The zero-order chi connectivity index (χ0) is 13.0. The molecule has 0 atom stereocenters. The summed E-state index contributed by atoms with van der Waals surface area (Å²) in [5.74, 6) is 0.157. The molecule has 1 aromatic heterocycles. The molecule has 0 aromatic carbocycles. The van der Waals surface area contributed by atoms with Crippen LogP contribution >= 0.6 is 0 Å². The highest BCUT2D eigenvalue weighted by Crippen LogP contribution is 2.23. The fourth-order valence-corrected chi connectivity index (χ4v) is 3.65. The number of piperidine rings is 1. The lowest BCUT2D eigenvalue weighted by Gasteiger charge is -2.30. The second-order valence-electron chi connectivity index (χ2n) is 4.41. The van der Waals surface area contributed by atoms with Crippen molar-refractivity contribution in [3.05, 3.63) is 25.0 Å². The third-order valence-corrected chi connectivity index (χ3v) is 5.12. The lowest BCUT2D eigenvalue weighted by Crippen LogP contribution is -2.40. The van der Waals surface area contributed by atoms with E-state index < -0.39 is 10.0 Å². The Morgan fingerprint density at radius 1 is 1.39 bits per heavy atom. The van der Waals surface area contributed by atoms with E-state index in [2.05, 4.69) is 16.9 Å². The van der Waals surface area contributed by atoms with Gasteiger partial charge in [-0.05, 0) is 19.3 Å². The van der Waals surface area contributed by atoms with E-state index in [-0.39, 0.29) is 11.8 Å². The maximum atomic E-state index is 12.0. The van der Waals surface area contributed by atoms with Crippen LogP contribution in [-0.4, -0.2) is 46.6 Å². The van der Waals surface area contributed by atoms with Gasteiger partial charge in [-0.1, -0.05) is 11.3 Å². The zero-order valence-corrected chi connectivity index (χ0v) is 11.1. The summed E-state index contributed by atoms with van der Waals surface area (Å²) in [5, 5.41) is 7.74. The minimum absolute atomic E-state index is 0.157. The van der Waals surface area contributed by atoms with E-state index in [0.717, 1.165) is 12.8 Å². The van der Waals surface area contributed by atoms with E-state index in [1.807, 2.05) is 10.9 Å². The van der Waals surface area contributed by atoms with E-state index >= 15 is 0 Å². The number of aromatic nitrogens is 3. The van der Waals surface area contributed by atoms with Gasteiger partial charge in [0.15, 0.2) is 0 Å². The Hall–Kier alpha value is -1.21. The second-order valence-corrected chi connectivity index (χ2v) is 6.50. The summed E-state index contributed by atoms with van der Waals surface area (Å²) in [6.07, 6.45) is 7.19. The van der Waals surface area contributed by atoms with Crippen molar-refractivity contribution in [2.24, 2.45) is 0 Å². The molecule has 0 N–H and O–H groups in total. The van der Waals surface area contributed by atoms with Gasteiger partial charge in [-0.2, -0.15) is 0 Å². The standard InChI is InChI=1S/C11H18N4O2S/c1-2-3-10-18(16,17)14-7-4-11(5-8-14)15-9-6-12-13-15/h2,6,9,11H,1,3-5,7-8,10H2. The van der Waals surface area contributed by atoms with Gasteiger partial charge in [-0.25, -0.2) is 17.4 Å². The number of allylic oxidation sites excluding steroid dienone is 1. The summed E-state index contributed by atoms with van der Waals surface area (Å²) in [7, 11) is -3.12. The summed E-state index contributed by atoms with van der Waals surface area (Å²) in [5.41, 5.74) is 0. The van der Waals surface area contributed by atoms with Crippen molar-refractivity contribution < 1.29 is 8.42 Å². The molecule has 100 valence electrons. The third-order valence-electron chi connectivity index (χ3n) is 3.21. The van der Waals surface area contributed by atoms with Crippen LogP contribution in [-0.2, 0) is 10.0 Å². The zero-order valence-electron chi connectivity index (χ0n) is 10.3. The Kier molecular flexibility index (Phi) is 4.13. The largest absolute Gasteiger partial charge is 0.249 e. The summed E-state index contributed by atoms with van der Waals surface area (Å²) >= 11 is 0. The normalized spacial score (nSPS) is 18.9. The van der Waals surface area contributed by atoms with Crippen molar-refractivity contribution in [1.82, 2.24) is 19.3 Å². The molecule has 0 saturated carbocycles. The lowest BCUT2D eigenvalue weighted by atomic mass is 10.1. The fraction of sp³-hybridized carbons (Fsp3) is 0.636. The highest BCUT2D eigenvalue weighted by atomic mass is 32.2. The van der Waals surface area contributed by atoms with Crippen LogP contribution < -0.4 is 0 Å². The molecule has 18 heavy (non-hydrogen) atoms. The Morgan fingerprint density at radius 2 is 2.11 bits per heavy atom. The quantitative estimate of drug-likeness (QED) is 0.743. The summed E-state index contributed by atoms with van der Waals surface area (Å²) < 4.78 is 27.3. The molecular formula is C11H18N4O2S. The molecule has 7 heteroatoms. The fourth-order valence-electron chi connectivity index (χ4n) is 2.16. The average Bonchev–Trinajstić information content (AvgIpc) is 2.90. The smallest absolute Gasteiger partial charge is 0.214 e. The SMILES string of the molecule is C=CCCS(=O)(=O)N1CCC(n2ccnn2)CC1. The molecule has 2 rings (SSSR count). The first-order valence-corrected chi connectivity index (χ1v) is 7.69. The minimum Gasteiger partial charge on any atom is -0.249 e. The molecule has 0 bridgehead atoms. The van der Waals surface area contributed by atoms with Crippen LogP contribution in [0.1, 0.15) is 25.3 Å². The van der Waals surface area contributed by atoms with Gasteiger partial charge in [0, 0.05) is 19.3 Å². The maximum absolute atomic E-state index is 12.0. The highest BCUT2D eigenvalue weighted by molar-refractivity contribution is 7.89. The van der Waals surface area contributed by atoms with Crippen LogP contribution in [0.3, 0.4) is 0 Å². The highest BCUT2D eigenvalue weighted by Gasteiger charge is 2.28. The maximum Gasteiger partial charge on any atom is 0.214 e. The Morgan fingerprint density at radius 3 is 2.67 bits per heavy atom. The second kappa shape index (κ2) is 5.62. The van der Waals surface area contributed by atoms with Crippen molar-refractivity contribution >= 4 is 10.0 Å². The molecule has 0 unspecified atom stereocenters. The molecule has 2 heterocycles. The molecule has 0 amide bonds. The molecule has 0 aliphatic carbocycles. The Balaban J connectivity index is 1.92. The van der Waals surface area contributed by atoms with Crippen molar-refractivity contribution in [2.45, 2.75) is 25.3 Å². The number of rotatable bonds is 5. The first kappa shape index (κ1) is 13.2. The molecule has 6 nitrogen and oxygen atoms in total. The van der Waals surface area contributed by atoms with Crippen molar-refractivity contribution in [3.63, 3.8) is 0 Å². The first-order valence-electron chi connectivity index (χ1n) is 6.08. The van der Waals surface area contributed by atoms with Crippen molar-refractivity contribution in [3.8, 4) is 0 Å². The molecular weight excluding hydrogens is 252 g/mol. The molecule has 1 fully saturated rings. The summed E-state index contributed by atoms with van der Waals surface area (Å²) in [4.78, 5) is 0. The minimum atomic E-state index is -3.12. The average molecular weight is 270 g/mol. The topological polar surface area (TPSA) is 68.1 Å². The van der Waals surface area contributed by atoms with Crippen LogP contribution in [0.25, 0.3) is 0 Å².